The molecule has 0 aromatic carbocycles. The van der Waals surface area contributed by atoms with Crippen LogP contribution in [-0.4, -0.2) is 28.9 Å². The predicted molar refractivity (Wildman–Crippen MR) is 48.7 cm³/mol. The Balaban J connectivity index is 2.26. The molecule has 1 aromatic rings. The quantitative estimate of drug-likeness (QED) is 0.585. The summed E-state index contributed by atoms with van der Waals surface area (Å²) < 4.78 is 41.2. The minimum atomic E-state index is -4.27. The van der Waals surface area contributed by atoms with Crippen LogP contribution in [0, 0.1) is 0 Å². The molecule has 0 saturated heterocycles. The number of rotatable bonds is 5. The zero-order valence-electron chi connectivity index (χ0n) is 7.80. The Hall–Kier alpha value is -0.750. The maximum Gasteiger partial charge on any atom is 0.411 e. The summed E-state index contributed by atoms with van der Waals surface area (Å²) in [5, 5.41) is 0. The average molecular weight is 243 g/mol. The molecule has 0 radical (unpaired) electrons. The van der Waals surface area contributed by atoms with Crippen LogP contribution in [0.3, 0.4) is 0 Å². The molecular weight excluding hydrogens is 233 g/mol. The fourth-order valence-corrected chi connectivity index (χ4v) is 1.25. The average Bonchev–Trinajstić information content (AvgIpc) is 2.58. The van der Waals surface area contributed by atoms with Gasteiger partial charge in [0.05, 0.1) is 12.5 Å². The van der Waals surface area contributed by atoms with Crippen LogP contribution in [0.15, 0.2) is 12.4 Å². The minimum Gasteiger partial charge on any atom is -0.370 e. The van der Waals surface area contributed by atoms with E-state index in [4.69, 9.17) is 11.6 Å². The number of aromatic nitrogens is 2. The summed E-state index contributed by atoms with van der Waals surface area (Å²) >= 11 is 5.55. The molecule has 0 spiro atoms. The summed E-state index contributed by atoms with van der Waals surface area (Å²) in [7, 11) is 0. The molecule has 3 nitrogen and oxygen atoms in total. The second-order valence-electron chi connectivity index (χ2n) is 2.84. The highest BCUT2D eigenvalue weighted by Crippen LogP contribution is 2.14. The molecule has 0 aliphatic carbocycles. The summed E-state index contributed by atoms with van der Waals surface area (Å²) in [6.45, 7) is -0.921. The van der Waals surface area contributed by atoms with Crippen molar-refractivity contribution >= 4 is 11.6 Å². The van der Waals surface area contributed by atoms with Gasteiger partial charge >= 0.3 is 6.18 Å². The fraction of sp³-hybridized carbons (Fsp3) is 0.625. The van der Waals surface area contributed by atoms with E-state index in [0.717, 1.165) is 0 Å². The zero-order chi connectivity index (χ0) is 11.3. The Morgan fingerprint density at radius 3 is 2.80 bits per heavy atom. The number of alkyl halides is 4. The van der Waals surface area contributed by atoms with Crippen molar-refractivity contribution in [1.82, 2.24) is 9.55 Å². The molecule has 0 saturated carbocycles. The van der Waals surface area contributed by atoms with E-state index in [-0.39, 0.29) is 12.5 Å². The first kappa shape index (κ1) is 12.3. The van der Waals surface area contributed by atoms with Gasteiger partial charge in [0, 0.05) is 18.9 Å². The largest absolute Gasteiger partial charge is 0.411 e. The molecule has 15 heavy (non-hydrogen) atoms. The van der Waals surface area contributed by atoms with Gasteiger partial charge in [-0.1, -0.05) is 0 Å². The van der Waals surface area contributed by atoms with Crippen LogP contribution in [0.2, 0.25) is 0 Å². The Labute approximate surface area is 89.8 Å². The number of nitrogens with zero attached hydrogens (tertiary/aromatic N) is 2. The van der Waals surface area contributed by atoms with Gasteiger partial charge in [-0.3, -0.25) is 0 Å². The lowest BCUT2D eigenvalue weighted by Gasteiger charge is -2.09. The lowest BCUT2D eigenvalue weighted by molar-refractivity contribution is -0.174. The van der Waals surface area contributed by atoms with E-state index < -0.39 is 12.8 Å². The van der Waals surface area contributed by atoms with Crippen molar-refractivity contribution in [2.45, 2.75) is 18.6 Å². The van der Waals surface area contributed by atoms with E-state index in [1.807, 2.05) is 0 Å². The molecule has 0 unspecified atom stereocenters. The highest BCUT2D eigenvalue weighted by atomic mass is 35.5. The standard InChI is InChI=1S/C8H10ClF3N2O/c9-5-7-13-1-2-14(7)3-4-15-6-8(10,11)12/h1-2H,3-6H2. The maximum atomic E-state index is 11.7. The lowest BCUT2D eigenvalue weighted by Crippen LogP contribution is -2.19. The number of halogens is 4. The molecular formula is C8H10ClF3N2O. The molecule has 0 aliphatic rings. The van der Waals surface area contributed by atoms with Gasteiger partial charge in [-0.15, -0.1) is 11.6 Å². The number of imidazole rings is 1. The van der Waals surface area contributed by atoms with Crippen LogP contribution in [-0.2, 0) is 17.2 Å². The van der Waals surface area contributed by atoms with Crippen LogP contribution < -0.4 is 0 Å². The van der Waals surface area contributed by atoms with Crippen molar-refractivity contribution in [2.75, 3.05) is 13.2 Å². The molecule has 0 fully saturated rings. The first-order valence-electron chi connectivity index (χ1n) is 4.23. The molecule has 7 heteroatoms. The second-order valence-corrected chi connectivity index (χ2v) is 3.11. The molecule has 0 aliphatic heterocycles. The van der Waals surface area contributed by atoms with Crippen LogP contribution in [0.1, 0.15) is 5.82 Å². The van der Waals surface area contributed by atoms with E-state index in [2.05, 4.69) is 9.72 Å². The normalized spacial score (nSPS) is 12.0. The van der Waals surface area contributed by atoms with Gasteiger partial charge in [0.1, 0.15) is 12.4 Å². The van der Waals surface area contributed by atoms with Crippen LogP contribution in [0.25, 0.3) is 0 Å². The smallest absolute Gasteiger partial charge is 0.370 e. The highest BCUT2D eigenvalue weighted by molar-refractivity contribution is 6.16. The Bertz CT molecular complexity index is 300. The summed E-state index contributed by atoms with van der Waals surface area (Å²) in [5.74, 6) is 0.846. The van der Waals surface area contributed by atoms with E-state index in [1.54, 1.807) is 17.0 Å². The van der Waals surface area contributed by atoms with Crippen molar-refractivity contribution in [3.05, 3.63) is 18.2 Å². The van der Waals surface area contributed by atoms with Crippen molar-refractivity contribution in [2.24, 2.45) is 0 Å². The van der Waals surface area contributed by atoms with E-state index >= 15 is 0 Å². The molecule has 0 bridgehead atoms. The van der Waals surface area contributed by atoms with Crippen molar-refractivity contribution in [3.63, 3.8) is 0 Å². The topological polar surface area (TPSA) is 27.1 Å². The summed E-state index contributed by atoms with van der Waals surface area (Å²) in [4.78, 5) is 3.92. The van der Waals surface area contributed by atoms with Crippen LogP contribution >= 0.6 is 11.6 Å². The molecule has 0 N–H and O–H groups in total. The first-order chi connectivity index (χ1) is 7.03. The molecule has 0 atom stereocenters. The van der Waals surface area contributed by atoms with Crippen molar-refractivity contribution in [3.8, 4) is 0 Å². The lowest BCUT2D eigenvalue weighted by atomic mass is 10.6. The van der Waals surface area contributed by atoms with Gasteiger partial charge in [0.2, 0.25) is 0 Å². The van der Waals surface area contributed by atoms with Crippen LogP contribution in [0.4, 0.5) is 13.2 Å². The van der Waals surface area contributed by atoms with Gasteiger partial charge in [0.25, 0.3) is 0 Å². The van der Waals surface area contributed by atoms with E-state index in [0.29, 0.717) is 12.4 Å². The maximum absolute atomic E-state index is 11.7. The van der Waals surface area contributed by atoms with Gasteiger partial charge < -0.3 is 9.30 Å². The molecule has 1 heterocycles. The SMILES string of the molecule is FC(F)(F)COCCn1ccnc1CCl. The van der Waals surface area contributed by atoms with Crippen molar-refractivity contribution in [1.29, 1.82) is 0 Å². The fourth-order valence-electron chi connectivity index (χ4n) is 1.03. The van der Waals surface area contributed by atoms with Gasteiger partial charge in [-0.2, -0.15) is 13.2 Å². The third-order valence-corrected chi connectivity index (χ3v) is 1.90. The Morgan fingerprint density at radius 2 is 2.20 bits per heavy atom. The number of hydrogen-bond donors (Lipinski definition) is 0. The second kappa shape index (κ2) is 5.37. The van der Waals surface area contributed by atoms with Gasteiger partial charge in [-0.25, -0.2) is 4.98 Å². The molecule has 1 aromatic heterocycles. The summed E-state index contributed by atoms with van der Waals surface area (Å²) in [6, 6.07) is 0. The monoisotopic (exact) mass is 242 g/mol. The Morgan fingerprint density at radius 1 is 1.47 bits per heavy atom. The highest BCUT2D eigenvalue weighted by Gasteiger charge is 2.27. The molecule has 0 amide bonds. The molecule has 1 rings (SSSR count). The third kappa shape index (κ3) is 4.53. The van der Waals surface area contributed by atoms with E-state index in [1.165, 1.54) is 0 Å². The number of hydrogen-bond acceptors (Lipinski definition) is 2. The Kier molecular flexibility index (Phi) is 4.41. The van der Waals surface area contributed by atoms with Crippen LogP contribution in [0.5, 0.6) is 0 Å². The number of ether oxygens (including phenoxy) is 1. The zero-order valence-corrected chi connectivity index (χ0v) is 8.55. The van der Waals surface area contributed by atoms with Gasteiger partial charge in [-0.05, 0) is 0 Å². The third-order valence-electron chi connectivity index (χ3n) is 1.66. The van der Waals surface area contributed by atoms with Gasteiger partial charge in [0.15, 0.2) is 0 Å². The molecule has 86 valence electrons. The predicted octanol–water partition coefficient (Wildman–Crippen LogP) is 2.20. The first-order valence-corrected chi connectivity index (χ1v) is 4.77. The summed E-state index contributed by atoms with van der Waals surface area (Å²) in [5.41, 5.74) is 0. The minimum absolute atomic E-state index is 0.0141. The summed E-state index contributed by atoms with van der Waals surface area (Å²) in [6.07, 6.45) is -1.08. The van der Waals surface area contributed by atoms with E-state index in [9.17, 15) is 13.2 Å². The van der Waals surface area contributed by atoms with Crippen molar-refractivity contribution < 1.29 is 17.9 Å².